The summed E-state index contributed by atoms with van der Waals surface area (Å²) in [4.78, 5) is 17.4. The van der Waals surface area contributed by atoms with E-state index in [0.717, 1.165) is 10.5 Å². The number of carbonyl (C=O) groups excluding carboxylic acids is 1. The Labute approximate surface area is 136 Å². The zero-order chi connectivity index (χ0) is 17.5. The Bertz CT molecular complexity index is 754. The van der Waals surface area contributed by atoms with Crippen molar-refractivity contribution in [2.75, 3.05) is 6.54 Å². The molecule has 1 aromatic heterocycles. The van der Waals surface area contributed by atoms with Gasteiger partial charge in [0.1, 0.15) is 5.82 Å². The molecule has 0 spiro atoms. The number of carbonyl (C=O) groups is 1. The third-order valence-electron chi connectivity index (χ3n) is 4.17. The minimum absolute atomic E-state index is 0.0229. The summed E-state index contributed by atoms with van der Waals surface area (Å²) in [6, 6.07) is 9.40. The van der Waals surface area contributed by atoms with Gasteiger partial charge < -0.3 is 14.6 Å². The van der Waals surface area contributed by atoms with Crippen molar-refractivity contribution in [2.24, 2.45) is 0 Å². The molecule has 8 heteroatoms. The molecule has 1 amide bonds. The summed E-state index contributed by atoms with van der Waals surface area (Å²) < 4.78 is 40.4. The third-order valence-corrected chi connectivity index (χ3v) is 4.17. The molecule has 0 aliphatic carbocycles. The fourth-order valence-corrected chi connectivity index (χ4v) is 2.70. The van der Waals surface area contributed by atoms with E-state index in [2.05, 4.69) is 4.98 Å². The van der Waals surface area contributed by atoms with Crippen molar-refractivity contribution in [3.63, 3.8) is 0 Å². The number of benzene rings is 1. The van der Waals surface area contributed by atoms with Crippen molar-refractivity contribution in [1.29, 1.82) is 0 Å². The topological polar surface area (TPSA) is 58.4 Å². The molecule has 0 saturated carbocycles. The Balaban J connectivity index is 1.84. The van der Waals surface area contributed by atoms with Crippen LogP contribution < -0.4 is 0 Å². The normalized spacial score (nSPS) is 17.3. The van der Waals surface area contributed by atoms with Crippen LogP contribution in [0.2, 0.25) is 0 Å². The molecule has 1 aliphatic rings. The van der Waals surface area contributed by atoms with Crippen molar-refractivity contribution in [1.82, 2.24) is 14.5 Å². The van der Waals surface area contributed by atoms with Gasteiger partial charge in [-0.3, -0.25) is 4.79 Å². The largest absolute Gasteiger partial charge is 0.426 e. The highest BCUT2D eigenvalue weighted by molar-refractivity contribution is 5.85. The number of nitrogens with zero attached hydrogens (tertiary/aromatic N) is 3. The zero-order valence-electron chi connectivity index (χ0n) is 12.9. The average molecular weight is 339 g/mol. The van der Waals surface area contributed by atoms with Gasteiger partial charge in [-0.1, -0.05) is 30.3 Å². The minimum Gasteiger partial charge on any atom is -0.373 e. The van der Waals surface area contributed by atoms with Crippen LogP contribution in [-0.4, -0.2) is 43.8 Å². The van der Waals surface area contributed by atoms with E-state index in [1.165, 1.54) is 0 Å². The van der Waals surface area contributed by atoms with Crippen molar-refractivity contribution in [2.45, 2.75) is 31.8 Å². The van der Waals surface area contributed by atoms with Crippen LogP contribution in [0.1, 0.15) is 12.6 Å². The lowest BCUT2D eigenvalue weighted by atomic mass is 10.0. The fraction of sp³-hybridized carbons (Fsp3) is 0.375. The summed E-state index contributed by atoms with van der Waals surface area (Å²) in [6.07, 6.45) is -3.47. The maximum atomic E-state index is 12.8. The van der Waals surface area contributed by atoms with E-state index < -0.39 is 17.7 Å². The van der Waals surface area contributed by atoms with Gasteiger partial charge in [-0.15, -0.1) is 0 Å². The van der Waals surface area contributed by atoms with Crippen LogP contribution in [0, 0.1) is 0 Å². The second kappa shape index (κ2) is 5.62. The standard InChI is InChI=1S/C16H16F3N3O2/c1-15(24,16(17,18)19)14(23)21-7-8-22-12(10-21)9-20-13(22)11-5-3-2-4-6-11/h2-6,9,24H,7-8,10H2,1H3/t15-/m1/s1. The lowest BCUT2D eigenvalue weighted by Crippen LogP contribution is -2.57. The molecule has 0 saturated heterocycles. The zero-order valence-corrected chi connectivity index (χ0v) is 12.9. The van der Waals surface area contributed by atoms with Gasteiger partial charge in [-0.2, -0.15) is 13.2 Å². The number of imidazole rings is 1. The fourth-order valence-electron chi connectivity index (χ4n) is 2.70. The molecule has 1 N–H and O–H groups in total. The molecule has 2 heterocycles. The number of amides is 1. The Morgan fingerprint density at radius 2 is 1.88 bits per heavy atom. The number of aromatic nitrogens is 2. The number of alkyl halides is 3. The van der Waals surface area contributed by atoms with Crippen LogP contribution >= 0.6 is 0 Å². The van der Waals surface area contributed by atoms with E-state index in [0.29, 0.717) is 25.0 Å². The van der Waals surface area contributed by atoms with Crippen molar-refractivity contribution in [3.8, 4) is 11.4 Å². The van der Waals surface area contributed by atoms with Crippen molar-refractivity contribution in [3.05, 3.63) is 42.2 Å². The molecule has 24 heavy (non-hydrogen) atoms. The smallest absolute Gasteiger partial charge is 0.373 e. The van der Waals surface area contributed by atoms with Crippen LogP contribution in [0.5, 0.6) is 0 Å². The predicted molar refractivity (Wildman–Crippen MR) is 79.8 cm³/mol. The van der Waals surface area contributed by atoms with Gasteiger partial charge in [0.2, 0.25) is 5.60 Å². The number of halogens is 3. The summed E-state index contributed by atoms with van der Waals surface area (Å²) in [5.41, 5.74) is -1.87. The highest BCUT2D eigenvalue weighted by Gasteiger charge is 2.57. The van der Waals surface area contributed by atoms with E-state index in [-0.39, 0.29) is 13.1 Å². The van der Waals surface area contributed by atoms with E-state index in [1.54, 1.807) is 6.20 Å². The Hall–Kier alpha value is -2.35. The Morgan fingerprint density at radius 1 is 1.21 bits per heavy atom. The molecule has 0 radical (unpaired) electrons. The number of aliphatic hydroxyl groups is 1. The summed E-state index contributed by atoms with van der Waals surface area (Å²) in [7, 11) is 0. The molecule has 0 unspecified atom stereocenters. The first-order valence-electron chi connectivity index (χ1n) is 7.40. The third kappa shape index (κ3) is 2.66. The lowest BCUT2D eigenvalue weighted by Gasteiger charge is -2.35. The maximum absolute atomic E-state index is 12.8. The molecule has 1 aromatic carbocycles. The Morgan fingerprint density at radius 3 is 2.50 bits per heavy atom. The minimum atomic E-state index is -5.02. The number of rotatable bonds is 2. The molecule has 3 rings (SSSR count). The van der Waals surface area contributed by atoms with Gasteiger partial charge in [0.15, 0.2) is 0 Å². The van der Waals surface area contributed by atoms with Crippen LogP contribution in [0.25, 0.3) is 11.4 Å². The second-order valence-corrected chi connectivity index (χ2v) is 5.89. The van der Waals surface area contributed by atoms with Gasteiger partial charge in [-0.25, -0.2) is 4.98 Å². The van der Waals surface area contributed by atoms with Crippen LogP contribution in [0.3, 0.4) is 0 Å². The molecular formula is C16H16F3N3O2. The quantitative estimate of drug-likeness (QED) is 0.913. The lowest BCUT2D eigenvalue weighted by molar-refractivity contribution is -0.250. The van der Waals surface area contributed by atoms with E-state index >= 15 is 0 Å². The first kappa shape index (κ1) is 16.5. The van der Waals surface area contributed by atoms with Gasteiger partial charge in [0.05, 0.1) is 18.4 Å². The molecule has 2 aromatic rings. The molecule has 1 aliphatic heterocycles. The molecule has 0 bridgehead atoms. The average Bonchev–Trinajstić information content (AvgIpc) is 2.97. The van der Waals surface area contributed by atoms with E-state index in [1.807, 2.05) is 34.9 Å². The number of fused-ring (bicyclic) bond motifs is 1. The Kier molecular flexibility index (Phi) is 3.87. The predicted octanol–water partition coefficient (Wildman–Crippen LogP) is 2.21. The molecule has 0 fully saturated rings. The second-order valence-electron chi connectivity index (χ2n) is 5.89. The summed E-state index contributed by atoms with van der Waals surface area (Å²) >= 11 is 0. The monoisotopic (exact) mass is 339 g/mol. The van der Waals surface area contributed by atoms with Gasteiger partial charge >= 0.3 is 6.18 Å². The van der Waals surface area contributed by atoms with Crippen LogP contribution in [-0.2, 0) is 17.9 Å². The highest BCUT2D eigenvalue weighted by Crippen LogP contribution is 2.33. The van der Waals surface area contributed by atoms with Crippen molar-refractivity contribution >= 4 is 5.91 Å². The van der Waals surface area contributed by atoms with Gasteiger partial charge in [0.25, 0.3) is 5.91 Å². The van der Waals surface area contributed by atoms with E-state index in [9.17, 15) is 23.1 Å². The molecular weight excluding hydrogens is 323 g/mol. The van der Waals surface area contributed by atoms with Crippen molar-refractivity contribution < 1.29 is 23.1 Å². The SMILES string of the molecule is C[C@@](O)(C(=O)N1CCn2c(cnc2-c2ccccc2)C1)C(F)(F)F. The summed E-state index contributed by atoms with van der Waals surface area (Å²) in [5, 5.41) is 9.56. The highest BCUT2D eigenvalue weighted by atomic mass is 19.4. The first-order chi connectivity index (χ1) is 11.2. The summed E-state index contributed by atoms with van der Waals surface area (Å²) in [5.74, 6) is -0.635. The van der Waals surface area contributed by atoms with E-state index in [4.69, 9.17) is 0 Å². The molecule has 5 nitrogen and oxygen atoms in total. The summed E-state index contributed by atoms with van der Waals surface area (Å²) in [6.45, 7) is 0.856. The maximum Gasteiger partial charge on any atom is 0.426 e. The molecule has 128 valence electrons. The van der Waals surface area contributed by atoms with Crippen LogP contribution in [0.15, 0.2) is 36.5 Å². The number of hydrogen-bond donors (Lipinski definition) is 1. The number of hydrogen-bond acceptors (Lipinski definition) is 3. The van der Waals surface area contributed by atoms with Gasteiger partial charge in [0, 0.05) is 18.7 Å². The molecule has 1 atom stereocenters. The van der Waals surface area contributed by atoms with Crippen LogP contribution in [0.4, 0.5) is 13.2 Å². The first-order valence-corrected chi connectivity index (χ1v) is 7.40. The van der Waals surface area contributed by atoms with Gasteiger partial charge in [-0.05, 0) is 6.92 Å².